The molecule has 0 aliphatic carbocycles. The van der Waals surface area contributed by atoms with Crippen molar-refractivity contribution in [3.8, 4) is 0 Å². The Morgan fingerprint density at radius 2 is 2.08 bits per heavy atom. The van der Waals surface area contributed by atoms with Crippen LogP contribution < -0.4 is 0 Å². The van der Waals surface area contributed by atoms with Crippen LogP contribution in [0.1, 0.15) is 20.8 Å². The molecule has 1 unspecified atom stereocenters. The molecule has 1 heterocycles. The zero-order chi connectivity index (χ0) is 10.0. The molecule has 0 bridgehead atoms. The van der Waals surface area contributed by atoms with Crippen molar-refractivity contribution in [2.45, 2.75) is 26.8 Å². The SMILES string of the molecule is COCC1=C(C)N(C)C(C)=NC1C. The number of ether oxygens (including phenoxy) is 1. The number of aliphatic imine (C=N–C) groups is 1. The van der Waals surface area contributed by atoms with Crippen LogP contribution in [0.4, 0.5) is 0 Å². The van der Waals surface area contributed by atoms with E-state index in [-0.39, 0.29) is 6.04 Å². The highest BCUT2D eigenvalue weighted by Gasteiger charge is 2.19. The summed E-state index contributed by atoms with van der Waals surface area (Å²) in [5.41, 5.74) is 2.54. The number of hydrogen-bond acceptors (Lipinski definition) is 3. The van der Waals surface area contributed by atoms with Crippen LogP contribution in [0.3, 0.4) is 0 Å². The first-order valence-electron chi connectivity index (χ1n) is 4.54. The summed E-state index contributed by atoms with van der Waals surface area (Å²) in [6.07, 6.45) is 0. The van der Waals surface area contributed by atoms with Crippen LogP contribution in [0.25, 0.3) is 0 Å². The summed E-state index contributed by atoms with van der Waals surface area (Å²) >= 11 is 0. The number of amidine groups is 1. The van der Waals surface area contributed by atoms with E-state index in [4.69, 9.17) is 4.74 Å². The molecule has 0 fully saturated rings. The second kappa shape index (κ2) is 3.92. The van der Waals surface area contributed by atoms with Gasteiger partial charge < -0.3 is 9.64 Å². The lowest BCUT2D eigenvalue weighted by molar-refractivity contribution is 0.218. The third kappa shape index (κ3) is 1.91. The first kappa shape index (κ1) is 10.3. The third-order valence-electron chi connectivity index (χ3n) is 2.64. The summed E-state index contributed by atoms with van der Waals surface area (Å²) in [5.74, 6) is 1.07. The van der Waals surface area contributed by atoms with Crippen LogP contribution in [0.5, 0.6) is 0 Å². The van der Waals surface area contributed by atoms with Crippen molar-refractivity contribution < 1.29 is 4.74 Å². The Kier molecular flexibility index (Phi) is 3.09. The highest BCUT2D eigenvalue weighted by atomic mass is 16.5. The molecular formula is C10H18N2O. The monoisotopic (exact) mass is 182 g/mol. The van der Waals surface area contributed by atoms with Gasteiger partial charge in [0.15, 0.2) is 0 Å². The largest absolute Gasteiger partial charge is 0.380 e. The zero-order valence-electron chi connectivity index (χ0n) is 9.09. The van der Waals surface area contributed by atoms with E-state index in [1.54, 1.807) is 7.11 Å². The molecular weight excluding hydrogens is 164 g/mol. The fourth-order valence-corrected chi connectivity index (χ4v) is 1.59. The molecule has 0 saturated carbocycles. The normalized spacial score (nSPS) is 23.6. The Morgan fingerprint density at radius 1 is 1.46 bits per heavy atom. The number of methoxy groups -OCH3 is 1. The molecule has 1 aliphatic rings. The first-order valence-corrected chi connectivity index (χ1v) is 4.54. The van der Waals surface area contributed by atoms with Crippen LogP contribution in [0, 0.1) is 0 Å². The first-order chi connectivity index (χ1) is 6.07. The number of nitrogens with zero attached hydrogens (tertiary/aromatic N) is 2. The summed E-state index contributed by atoms with van der Waals surface area (Å²) in [6.45, 7) is 6.93. The van der Waals surface area contributed by atoms with Gasteiger partial charge in [-0.05, 0) is 26.3 Å². The average molecular weight is 182 g/mol. The summed E-state index contributed by atoms with van der Waals surface area (Å²) in [7, 11) is 3.76. The second-order valence-electron chi connectivity index (χ2n) is 3.45. The van der Waals surface area contributed by atoms with Crippen LogP contribution in [-0.4, -0.2) is 37.5 Å². The predicted octanol–water partition coefficient (Wildman–Crippen LogP) is 1.66. The van der Waals surface area contributed by atoms with E-state index >= 15 is 0 Å². The van der Waals surface area contributed by atoms with Gasteiger partial charge in [0.05, 0.1) is 12.6 Å². The van der Waals surface area contributed by atoms with Crippen molar-refractivity contribution >= 4 is 5.84 Å². The van der Waals surface area contributed by atoms with Gasteiger partial charge in [0.25, 0.3) is 0 Å². The van der Waals surface area contributed by atoms with E-state index in [0.717, 1.165) is 5.84 Å². The molecule has 0 radical (unpaired) electrons. The maximum Gasteiger partial charge on any atom is 0.100 e. The maximum absolute atomic E-state index is 5.15. The zero-order valence-corrected chi connectivity index (χ0v) is 9.09. The lowest BCUT2D eigenvalue weighted by atomic mass is 10.1. The molecule has 0 spiro atoms. The van der Waals surface area contributed by atoms with Gasteiger partial charge in [-0.3, -0.25) is 4.99 Å². The average Bonchev–Trinajstić information content (AvgIpc) is 2.09. The van der Waals surface area contributed by atoms with Crippen molar-refractivity contribution in [3.05, 3.63) is 11.3 Å². The van der Waals surface area contributed by atoms with Crippen molar-refractivity contribution in [1.82, 2.24) is 4.90 Å². The van der Waals surface area contributed by atoms with Crippen LogP contribution in [0.2, 0.25) is 0 Å². The number of rotatable bonds is 2. The van der Waals surface area contributed by atoms with E-state index < -0.39 is 0 Å². The summed E-state index contributed by atoms with van der Waals surface area (Å²) < 4.78 is 5.15. The van der Waals surface area contributed by atoms with Crippen molar-refractivity contribution in [1.29, 1.82) is 0 Å². The van der Waals surface area contributed by atoms with Gasteiger partial charge in [0.1, 0.15) is 5.84 Å². The van der Waals surface area contributed by atoms with Crippen LogP contribution in [0.15, 0.2) is 16.3 Å². The number of allylic oxidation sites excluding steroid dienone is 1. The van der Waals surface area contributed by atoms with E-state index in [1.165, 1.54) is 11.3 Å². The Bertz CT molecular complexity index is 256. The molecule has 74 valence electrons. The molecule has 3 heteroatoms. The van der Waals surface area contributed by atoms with Gasteiger partial charge in [0.2, 0.25) is 0 Å². The van der Waals surface area contributed by atoms with E-state index in [1.807, 2.05) is 14.0 Å². The molecule has 1 aliphatic heterocycles. The molecule has 13 heavy (non-hydrogen) atoms. The van der Waals surface area contributed by atoms with Crippen LogP contribution in [-0.2, 0) is 4.74 Å². The minimum atomic E-state index is 0.260. The van der Waals surface area contributed by atoms with Gasteiger partial charge in [-0.25, -0.2) is 0 Å². The summed E-state index contributed by atoms with van der Waals surface area (Å²) in [6, 6.07) is 0.260. The maximum atomic E-state index is 5.15. The van der Waals surface area contributed by atoms with Crippen molar-refractivity contribution in [3.63, 3.8) is 0 Å². The van der Waals surface area contributed by atoms with Crippen molar-refractivity contribution in [2.75, 3.05) is 20.8 Å². The minimum absolute atomic E-state index is 0.260. The minimum Gasteiger partial charge on any atom is -0.380 e. The van der Waals surface area contributed by atoms with E-state index in [2.05, 4.69) is 23.7 Å². The highest BCUT2D eigenvalue weighted by Crippen LogP contribution is 2.20. The lowest BCUT2D eigenvalue weighted by Crippen LogP contribution is -2.32. The Morgan fingerprint density at radius 3 is 2.62 bits per heavy atom. The van der Waals surface area contributed by atoms with Gasteiger partial charge in [-0.15, -0.1) is 0 Å². The van der Waals surface area contributed by atoms with Gasteiger partial charge in [-0.2, -0.15) is 0 Å². The Balaban J connectivity index is 2.91. The van der Waals surface area contributed by atoms with E-state index in [9.17, 15) is 0 Å². The summed E-state index contributed by atoms with van der Waals surface area (Å²) in [4.78, 5) is 6.62. The fourth-order valence-electron chi connectivity index (χ4n) is 1.59. The molecule has 0 aromatic heterocycles. The quantitative estimate of drug-likeness (QED) is 0.649. The standard InChI is InChI=1S/C10H18N2O/c1-7-10(6-13-5)8(2)12(4)9(3)11-7/h7H,6H2,1-5H3. The molecule has 0 saturated heterocycles. The van der Waals surface area contributed by atoms with Gasteiger partial charge >= 0.3 is 0 Å². The Hall–Kier alpha value is -0.830. The molecule has 0 aromatic rings. The summed E-state index contributed by atoms with van der Waals surface area (Å²) in [5, 5.41) is 0. The van der Waals surface area contributed by atoms with Crippen molar-refractivity contribution in [2.24, 2.45) is 4.99 Å². The smallest absolute Gasteiger partial charge is 0.100 e. The molecule has 0 N–H and O–H groups in total. The van der Waals surface area contributed by atoms with E-state index in [0.29, 0.717) is 6.61 Å². The topological polar surface area (TPSA) is 24.8 Å². The molecule has 0 aromatic carbocycles. The Labute approximate surface area is 80.1 Å². The molecule has 0 amide bonds. The molecule has 1 rings (SSSR count). The lowest BCUT2D eigenvalue weighted by Gasteiger charge is -2.30. The predicted molar refractivity (Wildman–Crippen MR) is 54.9 cm³/mol. The highest BCUT2D eigenvalue weighted by molar-refractivity contribution is 5.82. The fraction of sp³-hybridized carbons (Fsp3) is 0.700. The van der Waals surface area contributed by atoms with Gasteiger partial charge in [0, 0.05) is 19.9 Å². The number of hydrogen-bond donors (Lipinski definition) is 0. The molecule has 3 nitrogen and oxygen atoms in total. The second-order valence-corrected chi connectivity index (χ2v) is 3.45. The van der Waals surface area contributed by atoms with Gasteiger partial charge in [-0.1, -0.05) is 0 Å². The van der Waals surface area contributed by atoms with Crippen LogP contribution >= 0.6 is 0 Å². The molecule has 1 atom stereocenters. The third-order valence-corrected chi connectivity index (χ3v) is 2.64.